The molecule has 1 fully saturated rings. The lowest BCUT2D eigenvalue weighted by Gasteiger charge is -2.36. The second kappa shape index (κ2) is 9.56. The molecule has 4 heteroatoms. The Labute approximate surface area is 156 Å². The van der Waals surface area contributed by atoms with E-state index in [4.69, 9.17) is 9.47 Å². The molecule has 142 valence electrons. The number of carbonyl (C=O) groups is 2. The maximum absolute atomic E-state index is 12.8. The third-order valence-corrected chi connectivity index (χ3v) is 5.05. The molecule has 1 aliphatic rings. The summed E-state index contributed by atoms with van der Waals surface area (Å²) >= 11 is 0. The lowest BCUT2D eigenvalue weighted by atomic mass is 9.75. The standard InChI is InChI=1S/C22H30O4/c1-5-25-21(23)19(14-17-9-7-6-8-10-17)22(24)26-20-13-16(4)11-12-18(20)15(2)3/h6-10,14-16,18,20H,5,11-13H2,1-4H3/b19-14-/t16-,18-,20+/m1/s1. The van der Waals surface area contributed by atoms with Crippen LogP contribution in [0, 0.1) is 17.8 Å². The minimum atomic E-state index is -0.633. The summed E-state index contributed by atoms with van der Waals surface area (Å²) in [5.41, 5.74) is 0.726. The van der Waals surface area contributed by atoms with Gasteiger partial charge in [0.1, 0.15) is 11.7 Å². The molecule has 0 saturated heterocycles. The number of carbonyl (C=O) groups excluding carboxylic acids is 2. The summed E-state index contributed by atoms with van der Waals surface area (Å²) in [5.74, 6) is 0.0649. The molecule has 0 amide bonds. The van der Waals surface area contributed by atoms with Crippen molar-refractivity contribution in [2.75, 3.05) is 6.61 Å². The van der Waals surface area contributed by atoms with Gasteiger partial charge in [-0.25, -0.2) is 9.59 Å². The molecule has 0 radical (unpaired) electrons. The van der Waals surface area contributed by atoms with E-state index in [1.165, 1.54) is 0 Å². The summed E-state index contributed by atoms with van der Waals surface area (Å²) in [5, 5.41) is 0. The fourth-order valence-corrected chi connectivity index (χ4v) is 3.58. The van der Waals surface area contributed by atoms with Crippen molar-refractivity contribution in [3.05, 3.63) is 41.5 Å². The second-order valence-electron chi connectivity index (χ2n) is 7.46. The van der Waals surface area contributed by atoms with Crippen LogP contribution in [0.2, 0.25) is 0 Å². The van der Waals surface area contributed by atoms with Gasteiger partial charge in [0.15, 0.2) is 0 Å². The van der Waals surface area contributed by atoms with E-state index in [9.17, 15) is 9.59 Å². The van der Waals surface area contributed by atoms with Crippen LogP contribution in [0.5, 0.6) is 0 Å². The number of hydrogen-bond acceptors (Lipinski definition) is 4. The molecule has 1 aliphatic carbocycles. The van der Waals surface area contributed by atoms with Crippen molar-refractivity contribution >= 4 is 18.0 Å². The molecule has 1 aromatic carbocycles. The van der Waals surface area contributed by atoms with Crippen LogP contribution in [-0.2, 0) is 19.1 Å². The van der Waals surface area contributed by atoms with E-state index in [-0.39, 0.29) is 18.3 Å². The maximum Gasteiger partial charge on any atom is 0.345 e. The zero-order valence-corrected chi connectivity index (χ0v) is 16.2. The number of ether oxygens (including phenoxy) is 2. The van der Waals surface area contributed by atoms with Crippen molar-refractivity contribution in [2.45, 2.75) is 53.1 Å². The van der Waals surface area contributed by atoms with Crippen molar-refractivity contribution in [2.24, 2.45) is 17.8 Å². The van der Waals surface area contributed by atoms with Crippen LogP contribution >= 0.6 is 0 Å². The molecular formula is C22H30O4. The van der Waals surface area contributed by atoms with Crippen LogP contribution in [0.15, 0.2) is 35.9 Å². The van der Waals surface area contributed by atoms with Gasteiger partial charge < -0.3 is 9.47 Å². The molecular weight excluding hydrogens is 328 g/mol. The van der Waals surface area contributed by atoms with E-state index in [2.05, 4.69) is 20.8 Å². The van der Waals surface area contributed by atoms with Crippen LogP contribution in [0.4, 0.5) is 0 Å². The van der Waals surface area contributed by atoms with E-state index in [1.54, 1.807) is 13.0 Å². The molecule has 0 N–H and O–H groups in total. The molecule has 26 heavy (non-hydrogen) atoms. The van der Waals surface area contributed by atoms with E-state index >= 15 is 0 Å². The van der Waals surface area contributed by atoms with Crippen LogP contribution in [0.25, 0.3) is 6.08 Å². The van der Waals surface area contributed by atoms with Crippen molar-refractivity contribution in [3.63, 3.8) is 0 Å². The fraction of sp³-hybridized carbons (Fsp3) is 0.545. The summed E-state index contributed by atoms with van der Waals surface area (Å²) in [4.78, 5) is 25.1. The number of hydrogen-bond donors (Lipinski definition) is 0. The molecule has 0 heterocycles. The Kier molecular flexibility index (Phi) is 7.43. The highest BCUT2D eigenvalue weighted by Gasteiger charge is 2.35. The molecule has 0 aromatic heterocycles. The Morgan fingerprint density at radius 3 is 2.46 bits per heavy atom. The highest BCUT2D eigenvalue weighted by molar-refractivity contribution is 6.17. The Balaban J connectivity index is 2.22. The average Bonchev–Trinajstić information content (AvgIpc) is 2.60. The zero-order valence-electron chi connectivity index (χ0n) is 16.2. The van der Waals surface area contributed by atoms with Gasteiger partial charge in [-0.3, -0.25) is 0 Å². The second-order valence-corrected chi connectivity index (χ2v) is 7.46. The zero-order chi connectivity index (χ0) is 19.1. The molecule has 1 aromatic rings. The van der Waals surface area contributed by atoms with Crippen molar-refractivity contribution in [1.29, 1.82) is 0 Å². The van der Waals surface area contributed by atoms with Crippen LogP contribution in [-0.4, -0.2) is 24.6 Å². The molecule has 0 spiro atoms. The first kappa shape index (κ1) is 20.2. The van der Waals surface area contributed by atoms with Crippen molar-refractivity contribution in [3.8, 4) is 0 Å². The molecule has 0 aliphatic heterocycles. The van der Waals surface area contributed by atoms with E-state index in [1.807, 2.05) is 30.3 Å². The highest BCUT2D eigenvalue weighted by Crippen LogP contribution is 2.35. The molecule has 4 nitrogen and oxygen atoms in total. The lowest BCUT2D eigenvalue weighted by Crippen LogP contribution is -2.36. The lowest BCUT2D eigenvalue weighted by molar-refractivity contribution is -0.154. The van der Waals surface area contributed by atoms with E-state index in [0.29, 0.717) is 17.8 Å². The minimum absolute atomic E-state index is 0.0428. The first-order chi connectivity index (χ1) is 12.4. The highest BCUT2D eigenvalue weighted by atomic mass is 16.6. The van der Waals surface area contributed by atoms with E-state index < -0.39 is 11.9 Å². The Bertz CT molecular complexity index is 633. The predicted octanol–water partition coefficient (Wildman–Crippen LogP) is 4.64. The van der Waals surface area contributed by atoms with Crippen LogP contribution in [0.1, 0.15) is 52.5 Å². The number of esters is 2. The van der Waals surface area contributed by atoms with Gasteiger partial charge in [0.2, 0.25) is 0 Å². The van der Waals surface area contributed by atoms with Gasteiger partial charge in [-0.05, 0) is 49.2 Å². The smallest absolute Gasteiger partial charge is 0.345 e. The quantitative estimate of drug-likeness (QED) is 0.322. The third-order valence-electron chi connectivity index (χ3n) is 5.05. The molecule has 3 atom stereocenters. The van der Waals surface area contributed by atoms with Gasteiger partial charge in [0.25, 0.3) is 0 Å². The molecule has 0 unspecified atom stereocenters. The summed E-state index contributed by atoms with van der Waals surface area (Å²) in [6.45, 7) is 8.44. The largest absolute Gasteiger partial charge is 0.462 e. The van der Waals surface area contributed by atoms with Gasteiger partial charge in [-0.15, -0.1) is 0 Å². The van der Waals surface area contributed by atoms with Crippen molar-refractivity contribution < 1.29 is 19.1 Å². The minimum Gasteiger partial charge on any atom is -0.462 e. The summed E-state index contributed by atoms with van der Waals surface area (Å²) in [6.07, 6.45) is 4.45. The monoisotopic (exact) mass is 358 g/mol. The topological polar surface area (TPSA) is 52.6 Å². The van der Waals surface area contributed by atoms with Crippen LogP contribution in [0.3, 0.4) is 0 Å². The first-order valence-electron chi connectivity index (χ1n) is 9.57. The normalized spacial score (nSPS) is 23.6. The fourth-order valence-electron chi connectivity index (χ4n) is 3.58. The Morgan fingerprint density at radius 1 is 1.15 bits per heavy atom. The maximum atomic E-state index is 12.8. The summed E-state index contributed by atoms with van der Waals surface area (Å²) in [7, 11) is 0. The number of rotatable bonds is 6. The SMILES string of the molecule is CCOC(=O)/C(=C/c1ccccc1)C(=O)O[C@H]1C[C@H](C)CC[C@@H]1C(C)C. The molecule has 1 saturated carbocycles. The van der Waals surface area contributed by atoms with Gasteiger partial charge in [-0.1, -0.05) is 57.5 Å². The van der Waals surface area contributed by atoms with Gasteiger partial charge in [0, 0.05) is 0 Å². The van der Waals surface area contributed by atoms with E-state index in [0.717, 1.165) is 24.8 Å². The van der Waals surface area contributed by atoms with Gasteiger partial charge in [-0.2, -0.15) is 0 Å². The number of benzene rings is 1. The molecule has 0 bridgehead atoms. The summed E-state index contributed by atoms with van der Waals surface area (Å²) in [6, 6.07) is 9.28. The van der Waals surface area contributed by atoms with Gasteiger partial charge in [0.05, 0.1) is 6.61 Å². The summed E-state index contributed by atoms with van der Waals surface area (Å²) < 4.78 is 10.9. The average molecular weight is 358 g/mol. The Hall–Kier alpha value is -2.10. The first-order valence-corrected chi connectivity index (χ1v) is 9.57. The molecule has 2 rings (SSSR count). The predicted molar refractivity (Wildman–Crippen MR) is 102 cm³/mol. The van der Waals surface area contributed by atoms with Crippen LogP contribution < -0.4 is 0 Å². The van der Waals surface area contributed by atoms with Crippen molar-refractivity contribution in [1.82, 2.24) is 0 Å². The Morgan fingerprint density at radius 2 is 1.85 bits per heavy atom. The third kappa shape index (κ3) is 5.45. The van der Waals surface area contributed by atoms with Gasteiger partial charge >= 0.3 is 11.9 Å².